The number of rotatable bonds is 5. The Kier molecular flexibility index (Phi) is 6.15. The number of anilines is 1. The Hall–Kier alpha value is -4.61. The molecule has 0 bridgehead atoms. The summed E-state index contributed by atoms with van der Waals surface area (Å²) in [6.45, 7) is 0.263. The molecule has 1 amide bonds. The third-order valence-electron chi connectivity index (χ3n) is 5.81. The lowest BCUT2D eigenvalue weighted by Gasteiger charge is -2.24. The normalized spacial score (nSPS) is 14.3. The number of fused-ring (bicyclic) bond motifs is 2. The van der Waals surface area contributed by atoms with Gasteiger partial charge in [-0.1, -0.05) is 11.6 Å². The number of nitriles is 1. The van der Waals surface area contributed by atoms with E-state index in [0.717, 1.165) is 5.39 Å². The molecule has 0 fully saturated rings. The number of nitrogens with zero attached hydrogens (tertiary/aromatic N) is 2. The van der Waals surface area contributed by atoms with E-state index in [0.29, 0.717) is 45.4 Å². The molecule has 0 saturated heterocycles. The molecule has 9 heteroatoms. The maximum Gasteiger partial charge on any atom is 0.311 e. The lowest BCUT2D eigenvalue weighted by atomic mass is 9.91. The van der Waals surface area contributed by atoms with E-state index in [9.17, 15) is 20.0 Å². The van der Waals surface area contributed by atoms with Gasteiger partial charge in [0.25, 0.3) is 5.91 Å². The van der Waals surface area contributed by atoms with Crippen molar-refractivity contribution in [2.45, 2.75) is 12.3 Å². The number of carbonyl (C=O) groups excluding carboxylic acids is 1. The second kappa shape index (κ2) is 9.56. The Morgan fingerprint density at radius 3 is 2.67 bits per heavy atom. The first-order chi connectivity index (χ1) is 17.4. The molecule has 1 atom stereocenters. The predicted octanol–water partition coefficient (Wildman–Crippen LogP) is 5.76. The molecule has 1 aromatic heterocycles. The monoisotopic (exact) mass is 499 g/mol. The summed E-state index contributed by atoms with van der Waals surface area (Å²) >= 11 is 6.00. The van der Waals surface area contributed by atoms with Crippen LogP contribution >= 0.6 is 11.6 Å². The number of aliphatic carboxylic acids is 1. The van der Waals surface area contributed by atoms with Crippen LogP contribution in [0.4, 0.5) is 5.82 Å². The van der Waals surface area contributed by atoms with Gasteiger partial charge in [0.15, 0.2) is 0 Å². The lowest BCUT2D eigenvalue weighted by Crippen LogP contribution is -2.21. The van der Waals surface area contributed by atoms with Gasteiger partial charge in [-0.15, -0.1) is 0 Å². The second-order valence-electron chi connectivity index (χ2n) is 8.14. The number of amides is 1. The number of ether oxygens (including phenoxy) is 2. The van der Waals surface area contributed by atoms with Crippen LogP contribution in [0.15, 0.2) is 66.7 Å². The number of benzene rings is 3. The summed E-state index contributed by atoms with van der Waals surface area (Å²) in [5, 5.41) is 23.3. The van der Waals surface area contributed by atoms with Gasteiger partial charge in [0.2, 0.25) is 0 Å². The summed E-state index contributed by atoms with van der Waals surface area (Å²) < 4.78 is 11.5. The highest BCUT2D eigenvalue weighted by molar-refractivity contribution is 6.31. The van der Waals surface area contributed by atoms with E-state index in [4.69, 9.17) is 21.1 Å². The number of pyridine rings is 1. The average molecular weight is 500 g/mol. The summed E-state index contributed by atoms with van der Waals surface area (Å²) in [6.07, 6.45) is 0.333. The fourth-order valence-electron chi connectivity index (χ4n) is 4.00. The van der Waals surface area contributed by atoms with Crippen LogP contribution in [0, 0.1) is 11.3 Å². The molecule has 5 rings (SSSR count). The van der Waals surface area contributed by atoms with Crippen molar-refractivity contribution in [3.63, 3.8) is 0 Å². The first-order valence-corrected chi connectivity index (χ1v) is 11.4. The van der Waals surface area contributed by atoms with Crippen molar-refractivity contribution in [1.82, 2.24) is 4.98 Å². The van der Waals surface area contributed by atoms with E-state index in [1.807, 2.05) is 12.1 Å². The van der Waals surface area contributed by atoms with Crippen LogP contribution in [-0.2, 0) is 4.79 Å². The molecular formula is C27H18ClN3O5. The smallest absolute Gasteiger partial charge is 0.311 e. The summed E-state index contributed by atoms with van der Waals surface area (Å²) in [5.41, 5.74) is 1.74. The van der Waals surface area contributed by atoms with Crippen LogP contribution < -0.4 is 14.8 Å². The maximum absolute atomic E-state index is 12.7. The Labute approximate surface area is 210 Å². The zero-order chi connectivity index (χ0) is 25.2. The Morgan fingerprint density at radius 1 is 1.11 bits per heavy atom. The van der Waals surface area contributed by atoms with Gasteiger partial charge in [-0.25, -0.2) is 4.98 Å². The lowest BCUT2D eigenvalue weighted by molar-refractivity contribution is -0.139. The van der Waals surface area contributed by atoms with E-state index in [1.165, 1.54) is 12.1 Å². The van der Waals surface area contributed by atoms with Gasteiger partial charge in [0.05, 0.1) is 23.6 Å². The van der Waals surface area contributed by atoms with Crippen LogP contribution in [-0.4, -0.2) is 28.6 Å². The molecule has 36 heavy (non-hydrogen) atoms. The standard InChI is InChI=1S/C27H18ClN3O5/c28-18-4-7-22-16(11-18)3-8-25(30-22)31-26(32)15-1-5-19(6-2-15)36-23-13-24-21(12-17(23)14-29)20(27(33)34)9-10-35-24/h1-8,11-13,20H,9-10H2,(H,33,34)(H,30,31,32). The molecule has 1 unspecified atom stereocenters. The highest BCUT2D eigenvalue weighted by atomic mass is 35.5. The van der Waals surface area contributed by atoms with Crippen LogP contribution in [0.25, 0.3) is 10.9 Å². The number of carboxylic acid groups (broad SMARTS) is 1. The van der Waals surface area contributed by atoms with Gasteiger partial charge >= 0.3 is 5.97 Å². The number of carbonyl (C=O) groups is 2. The number of hydrogen-bond acceptors (Lipinski definition) is 6. The molecule has 1 aliphatic heterocycles. The maximum atomic E-state index is 12.7. The largest absolute Gasteiger partial charge is 0.493 e. The quantitative estimate of drug-likeness (QED) is 0.358. The van der Waals surface area contributed by atoms with Gasteiger partial charge in [0.1, 0.15) is 29.1 Å². The number of hydrogen-bond donors (Lipinski definition) is 2. The fraction of sp³-hybridized carbons (Fsp3) is 0.111. The zero-order valence-corrected chi connectivity index (χ0v) is 19.5. The van der Waals surface area contributed by atoms with Crippen LogP contribution in [0.2, 0.25) is 5.02 Å². The van der Waals surface area contributed by atoms with Crippen molar-refractivity contribution in [2.24, 2.45) is 0 Å². The topological polar surface area (TPSA) is 122 Å². The van der Waals surface area contributed by atoms with Gasteiger partial charge in [-0.3, -0.25) is 9.59 Å². The molecular weight excluding hydrogens is 482 g/mol. The van der Waals surface area contributed by atoms with Crippen LogP contribution in [0.1, 0.15) is 33.8 Å². The Balaban J connectivity index is 1.32. The second-order valence-corrected chi connectivity index (χ2v) is 8.58. The molecule has 4 aromatic rings. The van der Waals surface area contributed by atoms with E-state index < -0.39 is 11.9 Å². The van der Waals surface area contributed by atoms with Crippen molar-refractivity contribution in [3.8, 4) is 23.3 Å². The molecule has 2 N–H and O–H groups in total. The fourth-order valence-corrected chi connectivity index (χ4v) is 4.18. The third kappa shape index (κ3) is 4.65. The molecule has 0 aliphatic carbocycles. The zero-order valence-electron chi connectivity index (χ0n) is 18.7. The van der Waals surface area contributed by atoms with E-state index >= 15 is 0 Å². The van der Waals surface area contributed by atoms with Crippen molar-refractivity contribution in [3.05, 3.63) is 88.4 Å². The minimum absolute atomic E-state index is 0.191. The van der Waals surface area contributed by atoms with Crippen molar-refractivity contribution >= 4 is 40.2 Å². The van der Waals surface area contributed by atoms with E-state index in [2.05, 4.69) is 10.3 Å². The highest BCUT2D eigenvalue weighted by Gasteiger charge is 2.29. The number of nitrogens with one attached hydrogen (secondary N) is 1. The Bertz CT molecular complexity index is 1550. The van der Waals surface area contributed by atoms with Gasteiger partial charge in [-0.05, 0) is 67.1 Å². The SMILES string of the molecule is N#Cc1cc2c(cc1Oc1ccc(C(=O)Nc3ccc4cc(Cl)ccc4n3)cc1)OCCC2C(=O)O. The average Bonchev–Trinajstić information content (AvgIpc) is 2.88. The molecule has 2 heterocycles. The van der Waals surface area contributed by atoms with Gasteiger partial charge < -0.3 is 19.9 Å². The molecule has 0 spiro atoms. The van der Waals surface area contributed by atoms with Gasteiger partial charge in [-0.2, -0.15) is 5.26 Å². The minimum Gasteiger partial charge on any atom is -0.493 e. The summed E-state index contributed by atoms with van der Waals surface area (Å²) in [7, 11) is 0. The molecule has 3 aromatic carbocycles. The summed E-state index contributed by atoms with van der Waals surface area (Å²) in [4.78, 5) is 28.7. The predicted molar refractivity (Wildman–Crippen MR) is 133 cm³/mol. The number of aromatic nitrogens is 1. The first-order valence-electron chi connectivity index (χ1n) is 11.0. The van der Waals surface area contributed by atoms with Crippen LogP contribution in [0.3, 0.4) is 0 Å². The third-order valence-corrected chi connectivity index (χ3v) is 6.04. The minimum atomic E-state index is -0.964. The molecule has 178 valence electrons. The molecule has 0 saturated carbocycles. The van der Waals surface area contributed by atoms with Gasteiger partial charge in [0, 0.05) is 27.6 Å². The van der Waals surface area contributed by atoms with Crippen molar-refractivity contribution in [2.75, 3.05) is 11.9 Å². The van der Waals surface area contributed by atoms with E-state index in [-0.39, 0.29) is 23.8 Å². The Morgan fingerprint density at radius 2 is 1.92 bits per heavy atom. The summed E-state index contributed by atoms with van der Waals surface area (Å²) in [5.74, 6) is -0.626. The van der Waals surface area contributed by atoms with E-state index in [1.54, 1.807) is 48.5 Å². The van der Waals surface area contributed by atoms with Crippen LogP contribution in [0.5, 0.6) is 17.2 Å². The van der Waals surface area contributed by atoms with Crippen molar-refractivity contribution in [1.29, 1.82) is 5.26 Å². The molecule has 1 aliphatic rings. The summed E-state index contributed by atoms with van der Waals surface area (Å²) in [6, 6.07) is 20.3. The number of carboxylic acids is 1. The molecule has 8 nitrogen and oxygen atoms in total. The highest BCUT2D eigenvalue weighted by Crippen LogP contribution is 2.39. The number of halogens is 1. The van der Waals surface area contributed by atoms with Crippen molar-refractivity contribution < 1.29 is 24.2 Å². The first kappa shape index (κ1) is 23.1. The molecule has 0 radical (unpaired) electrons.